The van der Waals surface area contributed by atoms with Crippen molar-refractivity contribution in [2.45, 2.75) is 51.5 Å². The van der Waals surface area contributed by atoms with E-state index in [1.807, 2.05) is 27.7 Å². The summed E-state index contributed by atoms with van der Waals surface area (Å²) in [6, 6.07) is 10.0. The number of hydrogen-bond donors (Lipinski definition) is 1. The number of aryl methyl sites for hydroxylation is 1. The Hall–Kier alpha value is -3.59. The Morgan fingerprint density at radius 3 is 2.64 bits per heavy atom. The molecule has 7 nitrogen and oxygen atoms in total. The fourth-order valence-electron chi connectivity index (χ4n) is 3.79. The second-order valence-corrected chi connectivity index (χ2v) is 11.3. The van der Waals surface area contributed by atoms with Gasteiger partial charge in [0.15, 0.2) is 11.6 Å². The minimum Gasteiger partial charge on any atom is -0.453 e. The lowest BCUT2D eigenvalue weighted by Crippen LogP contribution is -2.22. The molecule has 0 saturated heterocycles. The van der Waals surface area contributed by atoms with Crippen LogP contribution in [0.25, 0.3) is 10.9 Å². The molecular formula is C27H29FN4O3S. The van der Waals surface area contributed by atoms with Gasteiger partial charge < -0.3 is 10.1 Å². The lowest BCUT2D eigenvalue weighted by Gasteiger charge is -2.18. The van der Waals surface area contributed by atoms with Crippen LogP contribution in [0.2, 0.25) is 0 Å². The molecule has 1 amide bonds. The smallest absolute Gasteiger partial charge is 0.228 e. The minimum atomic E-state index is -1.14. The van der Waals surface area contributed by atoms with Gasteiger partial charge in [0.1, 0.15) is 5.75 Å². The van der Waals surface area contributed by atoms with Gasteiger partial charge in [-0.05, 0) is 69.2 Å². The van der Waals surface area contributed by atoms with Crippen LogP contribution < -0.4 is 10.1 Å². The molecule has 2 heterocycles. The van der Waals surface area contributed by atoms with Gasteiger partial charge in [-0.2, -0.15) is 5.10 Å². The summed E-state index contributed by atoms with van der Waals surface area (Å²) in [5, 5.41) is 7.73. The van der Waals surface area contributed by atoms with Gasteiger partial charge in [-0.1, -0.05) is 13.0 Å². The van der Waals surface area contributed by atoms with E-state index >= 15 is 4.39 Å². The van der Waals surface area contributed by atoms with E-state index < -0.39 is 16.6 Å². The van der Waals surface area contributed by atoms with Crippen molar-refractivity contribution >= 4 is 33.3 Å². The van der Waals surface area contributed by atoms with Crippen LogP contribution in [-0.4, -0.2) is 30.6 Å². The van der Waals surface area contributed by atoms with Gasteiger partial charge >= 0.3 is 0 Å². The average Bonchev–Trinajstić information content (AvgIpc) is 3.29. The first-order valence-corrected chi connectivity index (χ1v) is 13.0. The second kappa shape index (κ2) is 10.2. The van der Waals surface area contributed by atoms with E-state index in [1.54, 1.807) is 60.5 Å². The van der Waals surface area contributed by atoms with Crippen LogP contribution in [-0.2, 0) is 27.6 Å². The maximum atomic E-state index is 15.1. The van der Waals surface area contributed by atoms with Gasteiger partial charge in [0.25, 0.3) is 0 Å². The first kappa shape index (κ1) is 25.5. The summed E-state index contributed by atoms with van der Waals surface area (Å²) < 4.78 is 35.2. The van der Waals surface area contributed by atoms with E-state index in [1.165, 1.54) is 6.07 Å². The molecule has 36 heavy (non-hydrogen) atoms. The van der Waals surface area contributed by atoms with E-state index in [2.05, 4.69) is 15.4 Å². The van der Waals surface area contributed by atoms with Crippen LogP contribution >= 0.6 is 0 Å². The Labute approximate surface area is 212 Å². The number of halogens is 1. The summed E-state index contributed by atoms with van der Waals surface area (Å²) in [4.78, 5) is 17.6. The summed E-state index contributed by atoms with van der Waals surface area (Å²) in [7, 11) is -1.14. The number of amides is 1. The Balaban J connectivity index is 1.54. The van der Waals surface area contributed by atoms with Gasteiger partial charge in [0, 0.05) is 28.4 Å². The molecule has 0 spiro atoms. The molecule has 4 rings (SSSR count). The van der Waals surface area contributed by atoms with E-state index in [9.17, 15) is 9.00 Å². The third-order valence-electron chi connectivity index (χ3n) is 5.62. The molecule has 0 fully saturated rings. The van der Waals surface area contributed by atoms with Gasteiger partial charge in [0.2, 0.25) is 5.91 Å². The van der Waals surface area contributed by atoms with Crippen molar-refractivity contribution in [2.24, 2.45) is 0 Å². The molecule has 0 unspecified atom stereocenters. The molecule has 0 aliphatic carbocycles. The molecule has 0 aliphatic heterocycles. The number of nitrogens with one attached hydrogen (secondary N) is 1. The highest BCUT2D eigenvalue weighted by molar-refractivity contribution is 7.85. The molecule has 1 atom stereocenters. The molecule has 1 N–H and O–H groups in total. The number of nitrogens with zero attached hydrogens (tertiary/aromatic N) is 3. The molecular weight excluding hydrogens is 479 g/mol. The fraction of sp³-hybridized carbons (Fsp3) is 0.296. The summed E-state index contributed by atoms with van der Waals surface area (Å²) >= 11 is 0. The number of hydrogen-bond acceptors (Lipinski definition) is 5. The molecule has 9 heteroatoms. The number of fused-ring (bicyclic) bond motifs is 1. The highest BCUT2D eigenvalue weighted by Crippen LogP contribution is 2.34. The van der Waals surface area contributed by atoms with E-state index in [4.69, 9.17) is 4.74 Å². The Kier molecular flexibility index (Phi) is 7.21. The van der Waals surface area contributed by atoms with Crippen molar-refractivity contribution in [3.63, 3.8) is 0 Å². The predicted molar refractivity (Wildman–Crippen MR) is 139 cm³/mol. The van der Waals surface area contributed by atoms with Gasteiger partial charge in [-0.15, -0.1) is 0 Å². The third kappa shape index (κ3) is 5.62. The quantitative estimate of drug-likeness (QED) is 0.344. The number of benzene rings is 2. The van der Waals surface area contributed by atoms with E-state index in [0.717, 1.165) is 0 Å². The van der Waals surface area contributed by atoms with Gasteiger partial charge in [-0.3, -0.25) is 18.7 Å². The Bertz CT molecular complexity index is 1440. The molecule has 188 valence electrons. The zero-order chi connectivity index (χ0) is 26.0. The summed E-state index contributed by atoms with van der Waals surface area (Å²) in [5.41, 5.74) is 2.12. The normalized spacial score (nSPS) is 12.5. The fourth-order valence-corrected chi connectivity index (χ4v) is 4.59. The molecule has 0 saturated carbocycles. The zero-order valence-electron chi connectivity index (χ0n) is 21.0. The number of ether oxygens (including phenoxy) is 1. The largest absolute Gasteiger partial charge is 0.453 e. The minimum absolute atomic E-state index is 0.00309. The van der Waals surface area contributed by atoms with Crippen molar-refractivity contribution in [1.82, 2.24) is 14.8 Å². The lowest BCUT2D eigenvalue weighted by atomic mass is 10.1. The number of aromatic nitrogens is 3. The van der Waals surface area contributed by atoms with E-state index in [-0.39, 0.29) is 23.6 Å². The zero-order valence-corrected chi connectivity index (χ0v) is 21.8. The topological polar surface area (TPSA) is 86.1 Å². The number of pyridine rings is 1. The first-order chi connectivity index (χ1) is 17.0. The van der Waals surface area contributed by atoms with Crippen molar-refractivity contribution in [3.8, 4) is 11.5 Å². The molecule has 0 radical (unpaired) electrons. The van der Waals surface area contributed by atoms with Crippen LogP contribution in [0.1, 0.15) is 38.8 Å². The van der Waals surface area contributed by atoms with Crippen molar-refractivity contribution < 1.29 is 18.1 Å². The molecule has 0 aliphatic rings. The van der Waals surface area contributed by atoms with Crippen LogP contribution in [0.3, 0.4) is 0 Å². The van der Waals surface area contributed by atoms with Crippen molar-refractivity contribution in [1.29, 1.82) is 0 Å². The van der Waals surface area contributed by atoms with Crippen LogP contribution in [0, 0.1) is 12.7 Å². The average molecular weight is 509 g/mol. The van der Waals surface area contributed by atoms with Crippen LogP contribution in [0.15, 0.2) is 59.9 Å². The maximum Gasteiger partial charge on any atom is 0.228 e. The highest BCUT2D eigenvalue weighted by Gasteiger charge is 2.17. The molecule has 2 aromatic heterocycles. The monoisotopic (exact) mass is 508 g/mol. The second-order valence-electron chi connectivity index (χ2n) is 9.52. The number of carbonyl (C=O) groups is 1. The Morgan fingerprint density at radius 2 is 1.97 bits per heavy atom. The predicted octanol–water partition coefficient (Wildman–Crippen LogP) is 5.73. The number of carbonyl (C=O) groups excluding carboxylic acids is 1. The summed E-state index contributed by atoms with van der Waals surface area (Å²) in [6.07, 6.45) is 4.94. The van der Waals surface area contributed by atoms with Crippen LogP contribution in [0.4, 0.5) is 10.1 Å². The van der Waals surface area contributed by atoms with E-state index in [0.29, 0.717) is 44.1 Å². The van der Waals surface area contributed by atoms with Crippen molar-refractivity contribution in [3.05, 3.63) is 71.9 Å². The van der Waals surface area contributed by atoms with Crippen LogP contribution in [0.5, 0.6) is 11.5 Å². The van der Waals surface area contributed by atoms with Gasteiger partial charge in [-0.25, -0.2) is 4.39 Å². The number of rotatable bonds is 7. The highest BCUT2D eigenvalue weighted by atomic mass is 32.2. The summed E-state index contributed by atoms with van der Waals surface area (Å²) in [6.45, 7) is 9.62. The van der Waals surface area contributed by atoms with Gasteiger partial charge in [0.05, 0.1) is 40.2 Å². The molecule has 2 aromatic carbocycles. The third-order valence-corrected chi connectivity index (χ3v) is 6.92. The Morgan fingerprint density at radius 1 is 1.19 bits per heavy atom. The molecule has 0 bridgehead atoms. The first-order valence-electron chi connectivity index (χ1n) is 11.6. The van der Waals surface area contributed by atoms with Crippen molar-refractivity contribution in [2.75, 3.05) is 11.1 Å². The number of anilines is 1. The SMILES string of the molecule is CC[S@@](=O)c1ccc2nccc(Oc3c(C)cc(CC(=O)Nc4cnn(C(C)(C)C)c4)cc3F)c2c1. The molecule has 4 aromatic rings. The lowest BCUT2D eigenvalue weighted by molar-refractivity contribution is -0.115. The maximum absolute atomic E-state index is 15.1. The summed E-state index contributed by atoms with van der Waals surface area (Å²) in [5.74, 6) is 0.131. The standard InChI is InChI=1S/C27H29FN4O3S/c1-6-36(34)20-7-8-23-21(14-20)24(9-10-29-23)35-26-17(2)11-18(12-22(26)28)13-25(33)31-19-15-30-32(16-19)27(3,4)5/h7-12,14-16H,6,13H2,1-5H3,(H,31,33)/t36-/m1/s1.